The molecule has 0 radical (unpaired) electrons. The molecule has 5 heteroatoms. The van der Waals surface area contributed by atoms with E-state index in [1.165, 1.54) is 6.20 Å². The molecule has 2 rings (SSSR count). The van der Waals surface area contributed by atoms with Crippen LogP contribution >= 0.6 is 23.2 Å². The Morgan fingerprint density at radius 1 is 1.12 bits per heavy atom. The molecule has 0 amide bonds. The standard InChI is InChI=1S/C11H9Cl2N3/c1-16(8-5-3-2-4-6-8)10-9(12)7-14-11(13)15-10/h2-7H,1H3. The van der Waals surface area contributed by atoms with Gasteiger partial charge in [-0.15, -0.1) is 0 Å². The molecule has 16 heavy (non-hydrogen) atoms. The molecule has 0 aliphatic rings. The van der Waals surface area contributed by atoms with E-state index in [-0.39, 0.29) is 5.28 Å². The number of hydrogen-bond donors (Lipinski definition) is 0. The van der Waals surface area contributed by atoms with Gasteiger partial charge in [0, 0.05) is 12.7 Å². The summed E-state index contributed by atoms with van der Waals surface area (Å²) in [6.45, 7) is 0. The van der Waals surface area contributed by atoms with Crippen molar-refractivity contribution < 1.29 is 0 Å². The third-order valence-electron chi connectivity index (χ3n) is 2.16. The van der Waals surface area contributed by atoms with Gasteiger partial charge in [-0.05, 0) is 23.7 Å². The first-order valence-electron chi connectivity index (χ1n) is 4.65. The topological polar surface area (TPSA) is 29.0 Å². The highest BCUT2D eigenvalue weighted by molar-refractivity contribution is 6.33. The quantitative estimate of drug-likeness (QED) is 0.767. The van der Waals surface area contributed by atoms with Crippen LogP contribution in [0, 0.1) is 0 Å². The summed E-state index contributed by atoms with van der Waals surface area (Å²) >= 11 is 11.8. The van der Waals surface area contributed by atoms with E-state index in [4.69, 9.17) is 23.2 Å². The van der Waals surface area contributed by atoms with Crippen LogP contribution in [-0.2, 0) is 0 Å². The van der Waals surface area contributed by atoms with E-state index >= 15 is 0 Å². The molecular formula is C11H9Cl2N3. The van der Waals surface area contributed by atoms with Gasteiger partial charge >= 0.3 is 0 Å². The molecule has 1 aromatic heterocycles. The van der Waals surface area contributed by atoms with Crippen LogP contribution in [0.3, 0.4) is 0 Å². The summed E-state index contributed by atoms with van der Waals surface area (Å²) in [5.41, 5.74) is 0.985. The fourth-order valence-electron chi connectivity index (χ4n) is 1.35. The summed E-state index contributed by atoms with van der Waals surface area (Å²) in [4.78, 5) is 9.77. The molecular weight excluding hydrogens is 245 g/mol. The van der Waals surface area contributed by atoms with Crippen molar-refractivity contribution in [2.45, 2.75) is 0 Å². The van der Waals surface area contributed by atoms with Gasteiger partial charge in [0.15, 0.2) is 5.82 Å². The number of para-hydroxylation sites is 1. The third kappa shape index (κ3) is 2.26. The molecule has 2 aromatic rings. The lowest BCUT2D eigenvalue weighted by Crippen LogP contribution is -2.12. The van der Waals surface area contributed by atoms with Crippen LogP contribution in [0.2, 0.25) is 10.3 Å². The molecule has 3 nitrogen and oxygen atoms in total. The van der Waals surface area contributed by atoms with Crippen molar-refractivity contribution in [1.29, 1.82) is 0 Å². The second kappa shape index (κ2) is 4.68. The Labute approximate surface area is 104 Å². The maximum Gasteiger partial charge on any atom is 0.224 e. The molecule has 0 aliphatic carbocycles. The van der Waals surface area contributed by atoms with Gasteiger partial charge in [-0.3, -0.25) is 0 Å². The first-order valence-corrected chi connectivity index (χ1v) is 5.41. The maximum absolute atomic E-state index is 6.02. The first-order chi connectivity index (χ1) is 7.68. The van der Waals surface area contributed by atoms with Crippen molar-refractivity contribution in [1.82, 2.24) is 9.97 Å². The Bertz CT molecular complexity index is 488. The summed E-state index contributed by atoms with van der Waals surface area (Å²) in [7, 11) is 1.87. The van der Waals surface area contributed by atoms with E-state index in [1.54, 1.807) is 0 Å². The Kier molecular flexibility index (Phi) is 3.27. The van der Waals surface area contributed by atoms with E-state index in [0.29, 0.717) is 10.8 Å². The third-order valence-corrected chi connectivity index (χ3v) is 2.61. The maximum atomic E-state index is 6.02. The predicted molar refractivity (Wildman–Crippen MR) is 66.6 cm³/mol. The summed E-state index contributed by atoms with van der Waals surface area (Å²) in [5.74, 6) is 0.591. The van der Waals surface area contributed by atoms with E-state index in [9.17, 15) is 0 Å². The van der Waals surface area contributed by atoms with Gasteiger partial charge in [-0.1, -0.05) is 29.8 Å². The highest BCUT2D eigenvalue weighted by Gasteiger charge is 2.10. The van der Waals surface area contributed by atoms with Crippen LogP contribution in [0.5, 0.6) is 0 Å². The largest absolute Gasteiger partial charge is 0.328 e. The first kappa shape index (κ1) is 11.2. The zero-order chi connectivity index (χ0) is 11.5. The van der Waals surface area contributed by atoms with Gasteiger partial charge < -0.3 is 4.90 Å². The van der Waals surface area contributed by atoms with Crippen LogP contribution < -0.4 is 4.90 Å². The SMILES string of the molecule is CN(c1ccccc1)c1nc(Cl)ncc1Cl. The molecule has 0 spiro atoms. The van der Waals surface area contributed by atoms with Crippen molar-refractivity contribution >= 4 is 34.7 Å². The minimum absolute atomic E-state index is 0.183. The minimum atomic E-state index is 0.183. The molecule has 82 valence electrons. The van der Waals surface area contributed by atoms with Crippen molar-refractivity contribution in [2.24, 2.45) is 0 Å². The van der Waals surface area contributed by atoms with Gasteiger partial charge in [0.25, 0.3) is 0 Å². The fourth-order valence-corrected chi connectivity index (χ4v) is 1.69. The number of anilines is 2. The van der Waals surface area contributed by atoms with Crippen LogP contribution in [0.15, 0.2) is 36.5 Å². The van der Waals surface area contributed by atoms with Crippen LogP contribution in [0.4, 0.5) is 11.5 Å². The summed E-state index contributed by atoms with van der Waals surface area (Å²) in [5, 5.41) is 0.651. The number of aromatic nitrogens is 2. The van der Waals surface area contributed by atoms with Crippen molar-refractivity contribution in [2.75, 3.05) is 11.9 Å². The molecule has 1 heterocycles. The molecule has 0 bridgehead atoms. The zero-order valence-electron chi connectivity index (χ0n) is 8.56. The molecule has 0 atom stereocenters. The molecule has 0 aliphatic heterocycles. The summed E-state index contributed by atoms with van der Waals surface area (Å²) in [6, 6.07) is 9.77. The van der Waals surface area contributed by atoms with Crippen LogP contribution in [0.1, 0.15) is 0 Å². The van der Waals surface area contributed by atoms with Gasteiger partial charge in [0.1, 0.15) is 5.02 Å². The molecule has 0 fully saturated rings. The van der Waals surface area contributed by atoms with Gasteiger partial charge in [0.2, 0.25) is 5.28 Å². The van der Waals surface area contributed by atoms with Gasteiger partial charge in [-0.25, -0.2) is 4.98 Å². The lowest BCUT2D eigenvalue weighted by Gasteiger charge is -2.18. The van der Waals surface area contributed by atoms with E-state index in [0.717, 1.165) is 5.69 Å². The number of rotatable bonds is 2. The Morgan fingerprint density at radius 3 is 2.50 bits per heavy atom. The average molecular weight is 254 g/mol. The van der Waals surface area contributed by atoms with Crippen LogP contribution in [-0.4, -0.2) is 17.0 Å². The molecule has 0 unspecified atom stereocenters. The number of benzene rings is 1. The van der Waals surface area contributed by atoms with Crippen molar-refractivity contribution in [3.8, 4) is 0 Å². The van der Waals surface area contributed by atoms with Crippen molar-refractivity contribution in [3.63, 3.8) is 0 Å². The number of hydrogen-bond acceptors (Lipinski definition) is 3. The van der Waals surface area contributed by atoms with Crippen molar-refractivity contribution in [3.05, 3.63) is 46.8 Å². The molecule has 0 saturated heterocycles. The molecule has 1 aromatic carbocycles. The Balaban J connectivity index is 2.41. The summed E-state index contributed by atoms with van der Waals surface area (Å²) < 4.78 is 0. The Hall–Kier alpha value is -1.32. The summed E-state index contributed by atoms with van der Waals surface area (Å²) in [6.07, 6.45) is 1.49. The van der Waals surface area contributed by atoms with Gasteiger partial charge in [0.05, 0.1) is 6.20 Å². The smallest absolute Gasteiger partial charge is 0.224 e. The minimum Gasteiger partial charge on any atom is -0.328 e. The molecule has 0 saturated carbocycles. The van der Waals surface area contributed by atoms with E-state index < -0.39 is 0 Å². The molecule has 0 N–H and O–H groups in total. The lowest BCUT2D eigenvalue weighted by atomic mass is 10.3. The second-order valence-electron chi connectivity index (χ2n) is 3.21. The number of halogens is 2. The van der Waals surface area contributed by atoms with E-state index in [1.807, 2.05) is 42.3 Å². The zero-order valence-corrected chi connectivity index (χ0v) is 10.1. The average Bonchev–Trinajstić information content (AvgIpc) is 2.32. The highest BCUT2D eigenvalue weighted by Crippen LogP contribution is 2.28. The van der Waals surface area contributed by atoms with E-state index in [2.05, 4.69) is 9.97 Å². The van der Waals surface area contributed by atoms with Crippen LogP contribution in [0.25, 0.3) is 0 Å². The Morgan fingerprint density at radius 2 is 1.81 bits per heavy atom. The number of nitrogens with zero attached hydrogens (tertiary/aromatic N) is 3. The van der Waals surface area contributed by atoms with Gasteiger partial charge in [-0.2, -0.15) is 4.98 Å². The monoisotopic (exact) mass is 253 g/mol. The predicted octanol–water partition coefficient (Wildman–Crippen LogP) is 3.55. The fraction of sp³-hybridized carbons (Fsp3) is 0.0909. The normalized spacial score (nSPS) is 10.2. The lowest BCUT2D eigenvalue weighted by molar-refractivity contribution is 1.08. The highest BCUT2D eigenvalue weighted by atomic mass is 35.5. The second-order valence-corrected chi connectivity index (χ2v) is 3.95.